The first-order chi connectivity index (χ1) is 11.6. The molecule has 5 nitrogen and oxygen atoms in total. The van der Waals surface area contributed by atoms with Crippen LogP contribution in [0.3, 0.4) is 0 Å². The molecule has 1 saturated heterocycles. The first-order valence-electron chi connectivity index (χ1n) is 8.93. The zero-order valence-corrected chi connectivity index (χ0v) is 14.8. The number of amides is 1. The second kappa shape index (κ2) is 9.77. The molecule has 0 saturated carbocycles. The molecule has 0 spiro atoms. The number of carbonyl (C=O) groups is 1. The van der Waals surface area contributed by atoms with Crippen molar-refractivity contribution < 1.29 is 14.6 Å². The maximum atomic E-state index is 12.5. The molecule has 0 bridgehead atoms. The minimum Gasteiger partial charge on any atom is -0.396 e. The summed E-state index contributed by atoms with van der Waals surface area (Å²) in [5, 5.41) is 11.9. The summed E-state index contributed by atoms with van der Waals surface area (Å²) < 4.78 is 5.75. The molecule has 0 aliphatic carbocycles. The van der Waals surface area contributed by atoms with E-state index in [1.54, 1.807) is 0 Å². The van der Waals surface area contributed by atoms with Gasteiger partial charge in [0, 0.05) is 26.3 Å². The standard InChI is InChI=1S/C19H30N2O3/c1-15(17-7-4-3-5-8-17)20-19(23)16(2)21-11-9-18(10-12-21)24-14-6-13-22/h3-5,7-8,15-16,18,22H,6,9-14H2,1-2H3,(H,20,23). The van der Waals surface area contributed by atoms with Crippen molar-refractivity contribution in [1.82, 2.24) is 10.2 Å². The molecule has 2 rings (SSSR count). The van der Waals surface area contributed by atoms with Crippen LogP contribution in [0.1, 0.15) is 44.7 Å². The average Bonchev–Trinajstić information content (AvgIpc) is 2.62. The predicted molar refractivity (Wildman–Crippen MR) is 94.7 cm³/mol. The van der Waals surface area contributed by atoms with Crippen molar-refractivity contribution in [3.63, 3.8) is 0 Å². The Morgan fingerprint density at radius 3 is 2.58 bits per heavy atom. The fourth-order valence-electron chi connectivity index (χ4n) is 3.07. The third-order valence-corrected chi connectivity index (χ3v) is 4.72. The molecule has 1 aromatic carbocycles. The van der Waals surface area contributed by atoms with Crippen LogP contribution >= 0.6 is 0 Å². The number of rotatable bonds is 8. The summed E-state index contributed by atoms with van der Waals surface area (Å²) in [6.07, 6.45) is 2.83. The summed E-state index contributed by atoms with van der Waals surface area (Å²) in [6, 6.07) is 9.91. The molecular weight excluding hydrogens is 304 g/mol. The lowest BCUT2D eigenvalue weighted by molar-refractivity contribution is -0.127. The number of ether oxygens (including phenoxy) is 1. The number of hydrogen-bond acceptors (Lipinski definition) is 4. The molecule has 134 valence electrons. The van der Waals surface area contributed by atoms with Gasteiger partial charge in [-0.2, -0.15) is 0 Å². The minimum absolute atomic E-state index is 0.0144. The van der Waals surface area contributed by atoms with E-state index >= 15 is 0 Å². The molecule has 5 heteroatoms. The summed E-state index contributed by atoms with van der Waals surface area (Å²) >= 11 is 0. The molecule has 0 aromatic heterocycles. The van der Waals surface area contributed by atoms with Gasteiger partial charge in [0.1, 0.15) is 0 Å². The second-order valence-electron chi connectivity index (χ2n) is 6.50. The van der Waals surface area contributed by atoms with Crippen molar-refractivity contribution in [1.29, 1.82) is 0 Å². The Labute approximate surface area is 145 Å². The Bertz CT molecular complexity index is 487. The fourth-order valence-corrected chi connectivity index (χ4v) is 3.07. The molecule has 0 radical (unpaired) electrons. The van der Waals surface area contributed by atoms with Crippen molar-refractivity contribution in [3.8, 4) is 0 Å². The van der Waals surface area contributed by atoms with E-state index in [1.807, 2.05) is 44.2 Å². The van der Waals surface area contributed by atoms with Crippen LogP contribution in [0.4, 0.5) is 0 Å². The number of aliphatic hydroxyl groups excluding tert-OH is 1. The highest BCUT2D eigenvalue weighted by Gasteiger charge is 2.27. The summed E-state index contributed by atoms with van der Waals surface area (Å²) in [4.78, 5) is 14.7. The van der Waals surface area contributed by atoms with Gasteiger partial charge in [-0.15, -0.1) is 0 Å². The molecule has 1 aromatic rings. The molecular formula is C19H30N2O3. The van der Waals surface area contributed by atoms with E-state index in [2.05, 4.69) is 10.2 Å². The van der Waals surface area contributed by atoms with Crippen LogP contribution in [-0.2, 0) is 9.53 Å². The largest absolute Gasteiger partial charge is 0.396 e. The van der Waals surface area contributed by atoms with Gasteiger partial charge in [-0.05, 0) is 38.7 Å². The van der Waals surface area contributed by atoms with Gasteiger partial charge in [0.25, 0.3) is 0 Å². The van der Waals surface area contributed by atoms with E-state index in [4.69, 9.17) is 9.84 Å². The number of carbonyl (C=O) groups excluding carboxylic acids is 1. The first kappa shape index (κ1) is 18.9. The molecule has 1 fully saturated rings. The molecule has 2 atom stereocenters. The van der Waals surface area contributed by atoms with Gasteiger partial charge in [-0.3, -0.25) is 9.69 Å². The fraction of sp³-hybridized carbons (Fsp3) is 0.632. The lowest BCUT2D eigenvalue weighted by Gasteiger charge is -2.35. The van der Waals surface area contributed by atoms with E-state index in [0.717, 1.165) is 31.5 Å². The number of hydrogen-bond donors (Lipinski definition) is 2. The summed E-state index contributed by atoms with van der Waals surface area (Å²) in [6.45, 7) is 6.53. The Balaban J connectivity index is 1.75. The van der Waals surface area contributed by atoms with Crippen molar-refractivity contribution in [2.75, 3.05) is 26.3 Å². The van der Waals surface area contributed by atoms with Crippen molar-refractivity contribution in [3.05, 3.63) is 35.9 Å². The average molecular weight is 334 g/mol. The van der Waals surface area contributed by atoms with Gasteiger partial charge >= 0.3 is 0 Å². The van der Waals surface area contributed by atoms with Crippen molar-refractivity contribution >= 4 is 5.91 Å². The van der Waals surface area contributed by atoms with Crippen LogP contribution in [-0.4, -0.2) is 54.4 Å². The van der Waals surface area contributed by atoms with Gasteiger partial charge in [0.2, 0.25) is 5.91 Å². The minimum atomic E-state index is -0.130. The Kier molecular flexibility index (Phi) is 7.69. The van der Waals surface area contributed by atoms with E-state index in [1.165, 1.54) is 0 Å². The summed E-state index contributed by atoms with van der Waals surface area (Å²) in [5.41, 5.74) is 1.12. The number of nitrogens with one attached hydrogen (secondary N) is 1. The van der Waals surface area contributed by atoms with Gasteiger partial charge in [-0.1, -0.05) is 30.3 Å². The summed E-state index contributed by atoms with van der Waals surface area (Å²) in [7, 11) is 0. The normalized spacial score (nSPS) is 19.0. The van der Waals surface area contributed by atoms with Gasteiger partial charge in [0.15, 0.2) is 0 Å². The van der Waals surface area contributed by atoms with E-state index in [9.17, 15) is 4.79 Å². The predicted octanol–water partition coefficient (Wildman–Crippen LogP) is 2.12. The van der Waals surface area contributed by atoms with E-state index in [-0.39, 0.29) is 30.7 Å². The maximum absolute atomic E-state index is 12.5. The molecule has 1 amide bonds. The van der Waals surface area contributed by atoms with E-state index in [0.29, 0.717) is 13.0 Å². The number of piperidine rings is 1. The highest BCUT2D eigenvalue weighted by atomic mass is 16.5. The van der Waals surface area contributed by atoms with Crippen LogP contribution in [0.2, 0.25) is 0 Å². The van der Waals surface area contributed by atoms with Crippen LogP contribution in [0.5, 0.6) is 0 Å². The topological polar surface area (TPSA) is 61.8 Å². The monoisotopic (exact) mass is 334 g/mol. The van der Waals surface area contributed by atoms with Crippen molar-refractivity contribution in [2.24, 2.45) is 0 Å². The molecule has 1 heterocycles. The first-order valence-corrected chi connectivity index (χ1v) is 8.93. The third kappa shape index (κ3) is 5.58. The van der Waals surface area contributed by atoms with Gasteiger partial charge in [-0.25, -0.2) is 0 Å². The lowest BCUT2D eigenvalue weighted by atomic mass is 10.0. The van der Waals surface area contributed by atoms with Crippen LogP contribution in [0.25, 0.3) is 0 Å². The SMILES string of the molecule is CC(NC(=O)C(C)N1CCC(OCCCO)CC1)c1ccccc1. The molecule has 1 aliphatic rings. The zero-order chi connectivity index (χ0) is 17.4. The molecule has 2 N–H and O–H groups in total. The maximum Gasteiger partial charge on any atom is 0.237 e. The molecule has 1 aliphatic heterocycles. The zero-order valence-electron chi connectivity index (χ0n) is 14.8. The Hall–Kier alpha value is -1.43. The lowest BCUT2D eigenvalue weighted by Crippen LogP contribution is -2.49. The number of likely N-dealkylation sites (tertiary alicyclic amines) is 1. The van der Waals surface area contributed by atoms with Gasteiger partial charge < -0.3 is 15.2 Å². The molecule has 2 unspecified atom stereocenters. The number of nitrogens with zero attached hydrogens (tertiary/aromatic N) is 1. The molecule has 24 heavy (non-hydrogen) atoms. The third-order valence-electron chi connectivity index (χ3n) is 4.72. The quantitative estimate of drug-likeness (QED) is 0.715. The van der Waals surface area contributed by atoms with Gasteiger partial charge in [0.05, 0.1) is 18.2 Å². The van der Waals surface area contributed by atoms with Crippen molar-refractivity contribution in [2.45, 2.75) is 51.3 Å². The highest BCUT2D eigenvalue weighted by Crippen LogP contribution is 2.17. The second-order valence-corrected chi connectivity index (χ2v) is 6.50. The smallest absolute Gasteiger partial charge is 0.237 e. The van der Waals surface area contributed by atoms with E-state index < -0.39 is 0 Å². The number of aliphatic hydroxyl groups is 1. The Morgan fingerprint density at radius 1 is 1.29 bits per heavy atom. The Morgan fingerprint density at radius 2 is 1.96 bits per heavy atom. The van der Waals surface area contributed by atoms with Crippen LogP contribution < -0.4 is 5.32 Å². The number of benzene rings is 1. The summed E-state index contributed by atoms with van der Waals surface area (Å²) in [5.74, 6) is 0.0750. The van der Waals surface area contributed by atoms with Crippen LogP contribution in [0, 0.1) is 0 Å². The highest BCUT2D eigenvalue weighted by molar-refractivity contribution is 5.81. The van der Waals surface area contributed by atoms with Crippen LogP contribution in [0.15, 0.2) is 30.3 Å².